The molecule has 0 atom stereocenters. The number of alkyl halides is 3. The van der Waals surface area contributed by atoms with Gasteiger partial charge in [-0.2, -0.15) is 18.3 Å². The highest BCUT2D eigenvalue weighted by Crippen LogP contribution is 2.35. The van der Waals surface area contributed by atoms with Gasteiger partial charge in [0.05, 0.1) is 12.9 Å². The number of carboxylic acids is 1. The molecule has 1 heterocycles. The highest BCUT2D eigenvalue weighted by Gasteiger charge is 2.40. The molecule has 0 aromatic carbocycles. The maximum Gasteiger partial charge on any atom is 0.435 e. The highest BCUT2D eigenvalue weighted by atomic mass is 19.4. The molecule has 5 nitrogen and oxygen atoms in total. The maximum atomic E-state index is 12.9. The summed E-state index contributed by atoms with van der Waals surface area (Å²) in [6.45, 7) is 3.11. The van der Waals surface area contributed by atoms with E-state index < -0.39 is 29.0 Å². The number of carboxylic acid groups (broad SMARTS) is 1. The first-order chi connectivity index (χ1) is 8.70. The Bertz CT molecular complexity index is 518. The van der Waals surface area contributed by atoms with Gasteiger partial charge in [0.2, 0.25) is 0 Å². The Balaban J connectivity index is 3.50. The summed E-state index contributed by atoms with van der Waals surface area (Å²) >= 11 is 0. The summed E-state index contributed by atoms with van der Waals surface area (Å²) in [6, 6.07) is 0. The van der Waals surface area contributed by atoms with Crippen molar-refractivity contribution >= 4 is 11.5 Å². The zero-order valence-corrected chi connectivity index (χ0v) is 10.6. The van der Waals surface area contributed by atoms with Gasteiger partial charge in [0, 0.05) is 18.3 Å². The molecule has 1 aromatic heterocycles. The Labute approximate surface area is 107 Å². The van der Waals surface area contributed by atoms with E-state index in [1.165, 1.54) is 14.0 Å². The van der Waals surface area contributed by atoms with Crippen LogP contribution in [0.3, 0.4) is 0 Å². The van der Waals surface area contributed by atoms with Crippen LogP contribution in [0.5, 0.6) is 0 Å². The van der Waals surface area contributed by atoms with Gasteiger partial charge in [-0.15, -0.1) is 0 Å². The number of ether oxygens (including phenoxy) is 1. The van der Waals surface area contributed by atoms with E-state index in [9.17, 15) is 18.0 Å². The number of aromatic nitrogens is 2. The summed E-state index contributed by atoms with van der Waals surface area (Å²) < 4.78 is 44.3. The molecule has 0 saturated carbocycles. The van der Waals surface area contributed by atoms with Crippen molar-refractivity contribution in [1.29, 1.82) is 0 Å². The van der Waals surface area contributed by atoms with Crippen LogP contribution in [-0.2, 0) is 22.8 Å². The molecule has 0 saturated heterocycles. The van der Waals surface area contributed by atoms with Gasteiger partial charge >= 0.3 is 12.1 Å². The Hall–Kier alpha value is -1.99. The second-order valence-electron chi connectivity index (χ2n) is 3.72. The number of halogens is 3. The van der Waals surface area contributed by atoms with Crippen LogP contribution in [0.1, 0.15) is 23.9 Å². The fraction of sp³-hybridized carbons (Fsp3) is 0.455. The van der Waals surface area contributed by atoms with Gasteiger partial charge in [0.25, 0.3) is 0 Å². The SMILES string of the molecule is CCOC=C(C(=O)O)c1c(C(F)(F)F)nn(C)c1C. The number of aliphatic carboxylic acids is 1. The molecule has 1 N–H and O–H groups in total. The average Bonchev–Trinajstić information content (AvgIpc) is 2.57. The van der Waals surface area contributed by atoms with Gasteiger partial charge in [-0.1, -0.05) is 0 Å². The largest absolute Gasteiger partial charge is 0.501 e. The van der Waals surface area contributed by atoms with Gasteiger partial charge in [-0.05, 0) is 13.8 Å². The molecule has 1 rings (SSSR count). The summed E-state index contributed by atoms with van der Waals surface area (Å²) in [4.78, 5) is 11.1. The third-order valence-electron chi connectivity index (χ3n) is 2.47. The van der Waals surface area contributed by atoms with Crippen LogP contribution >= 0.6 is 0 Å². The zero-order valence-electron chi connectivity index (χ0n) is 10.6. The molecule has 0 unspecified atom stereocenters. The van der Waals surface area contributed by atoms with Crippen molar-refractivity contribution in [1.82, 2.24) is 9.78 Å². The summed E-state index contributed by atoms with van der Waals surface area (Å²) in [7, 11) is 1.31. The first kappa shape index (κ1) is 15.1. The second kappa shape index (κ2) is 5.33. The number of rotatable bonds is 4. The fourth-order valence-corrected chi connectivity index (χ4v) is 1.51. The third kappa shape index (κ3) is 3.07. The molecule has 0 bridgehead atoms. The second-order valence-corrected chi connectivity index (χ2v) is 3.72. The Kier molecular flexibility index (Phi) is 4.23. The lowest BCUT2D eigenvalue weighted by molar-refractivity contribution is -0.141. The lowest BCUT2D eigenvalue weighted by Gasteiger charge is -2.08. The van der Waals surface area contributed by atoms with E-state index in [2.05, 4.69) is 5.10 Å². The van der Waals surface area contributed by atoms with E-state index in [1.807, 2.05) is 0 Å². The fourth-order valence-electron chi connectivity index (χ4n) is 1.51. The Morgan fingerprint density at radius 3 is 2.53 bits per heavy atom. The molecule has 0 radical (unpaired) electrons. The van der Waals surface area contributed by atoms with E-state index in [0.717, 1.165) is 10.9 Å². The van der Waals surface area contributed by atoms with Crippen LogP contribution in [0.4, 0.5) is 13.2 Å². The molecular weight excluding hydrogens is 265 g/mol. The van der Waals surface area contributed by atoms with Crippen LogP contribution < -0.4 is 0 Å². The molecule has 0 amide bonds. The molecular formula is C11H13F3N2O3. The highest BCUT2D eigenvalue weighted by molar-refractivity contribution is 6.15. The number of aryl methyl sites for hydroxylation is 1. The molecule has 1 aromatic rings. The monoisotopic (exact) mass is 278 g/mol. The van der Waals surface area contributed by atoms with Crippen LogP contribution in [0.25, 0.3) is 5.57 Å². The first-order valence-corrected chi connectivity index (χ1v) is 5.36. The Morgan fingerprint density at radius 2 is 2.11 bits per heavy atom. The number of nitrogens with zero attached hydrogens (tertiary/aromatic N) is 2. The lowest BCUT2D eigenvalue weighted by atomic mass is 10.0. The van der Waals surface area contributed by atoms with Crippen molar-refractivity contribution in [2.45, 2.75) is 20.0 Å². The van der Waals surface area contributed by atoms with E-state index in [0.29, 0.717) is 0 Å². The van der Waals surface area contributed by atoms with Crippen molar-refractivity contribution in [3.05, 3.63) is 23.2 Å². The van der Waals surface area contributed by atoms with Gasteiger partial charge in [0.1, 0.15) is 5.57 Å². The van der Waals surface area contributed by atoms with Gasteiger partial charge in [0.15, 0.2) is 5.69 Å². The number of carbonyl (C=O) groups is 1. The maximum absolute atomic E-state index is 12.9. The van der Waals surface area contributed by atoms with Crippen molar-refractivity contribution in [3.8, 4) is 0 Å². The van der Waals surface area contributed by atoms with E-state index in [4.69, 9.17) is 9.84 Å². The van der Waals surface area contributed by atoms with Gasteiger partial charge in [-0.3, -0.25) is 4.68 Å². The third-order valence-corrected chi connectivity index (χ3v) is 2.47. The molecule has 0 aliphatic carbocycles. The van der Waals surface area contributed by atoms with E-state index in [1.54, 1.807) is 6.92 Å². The van der Waals surface area contributed by atoms with Crippen LogP contribution in [0.2, 0.25) is 0 Å². The number of hydrogen-bond donors (Lipinski definition) is 1. The minimum atomic E-state index is -4.73. The van der Waals surface area contributed by atoms with Crippen LogP contribution in [-0.4, -0.2) is 27.5 Å². The van der Waals surface area contributed by atoms with Crippen molar-refractivity contribution in [2.24, 2.45) is 7.05 Å². The lowest BCUT2D eigenvalue weighted by Crippen LogP contribution is -2.12. The molecule has 0 fully saturated rings. The number of hydrogen-bond acceptors (Lipinski definition) is 3. The average molecular weight is 278 g/mol. The normalized spacial score (nSPS) is 12.6. The molecule has 19 heavy (non-hydrogen) atoms. The summed E-state index contributed by atoms with van der Waals surface area (Å²) in [5.74, 6) is -1.50. The summed E-state index contributed by atoms with van der Waals surface area (Å²) in [5.41, 5.74) is -2.18. The quantitative estimate of drug-likeness (QED) is 0.677. The van der Waals surface area contributed by atoms with E-state index >= 15 is 0 Å². The van der Waals surface area contributed by atoms with Crippen LogP contribution in [0, 0.1) is 6.92 Å². The van der Waals surface area contributed by atoms with Crippen molar-refractivity contribution in [2.75, 3.05) is 6.61 Å². The minimum Gasteiger partial charge on any atom is -0.501 e. The zero-order chi connectivity index (χ0) is 14.8. The predicted molar refractivity (Wildman–Crippen MR) is 60.2 cm³/mol. The summed E-state index contributed by atoms with van der Waals surface area (Å²) in [5, 5.41) is 12.3. The van der Waals surface area contributed by atoms with Gasteiger partial charge < -0.3 is 9.84 Å². The minimum absolute atomic E-state index is 0.0979. The first-order valence-electron chi connectivity index (χ1n) is 5.36. The summed E-state index contributed by atoms with van der Waals surface area (Å²) in [6.07, 6.45) is -3.93. The molecule has 0 aliphatic rings. The van der Waals surface area contributed by atoms with Gasteiger partial charge in [-0.25, -0.2) is 4.79 Å². The molecule has 8 heteroatoms. The predicted octanol–water partition coefficient (Wildman–Crippen LogP) is 2.21. The molecule has 106 valence electrons. The Morgan fingerprint density at radius 1 is 1.53 bits per heavy atom. The van der Waals surface area contributed by atoms with Crippen LogP contribution in [0.15, 0.2) is 6.26 Å². The van der Waals surface area contributed by atoms with E-state index in [-0.39, 0.29) is 12.3 Å². The molecule has 0 spiro atoms. The smallest absolute Gasteiger partial charge is 0.435 e. The van der Waals surface area contributed by atoms with Crippen molar-refractivity contribution < 1.29 is 27.8 Å². The topological polar surface area (TPSA) is 64.3 Å². The van der Waals surface area contributed by atoms with Crippen molar-refractivity contribution in [3.63, 3.8) is 0 Å². The standard InChI is InChI=1S/C11H13F3N2O3/c1-4-19-5-7(10(17)18)8-6(2)16(3)15-9(8)11(12,13)14/h5H,4H2,1-3H3,(H,17,18). The molecule has 0 aliphatic heterocycles.